The topological polar surface area (TPSA) is 89.9 Å². The molecule has 1 saturated heterocycles. The van der Waals surface area contributed by atoms with Crippen molar-refractivity contribution in [2.24, 2.45) is 11.7 Å². The molecule has 0 spiro atoms. The largest absolute Gasteiger partial charge is 0.338 e. The van der Waals surface area contributed by atoms with E-state index in [1.54, 1.807) is 0 Å². The zero-order valence-corrected chi connectivity index (χ0v) is 13.9. The number of carbonyl (C=O) groups excluding carboxylic acids is 1. The second kappa shape index (κ2) is 7.17. The second-order valence-electron chi connectivity index (χ2n) is 5.40. The fourth-order valence-corrected chi connectivity index (χ4v) is 3.53. The van der Waals surface area contributed by atoms with Gasteiger partial charge in [-0.05, 0) is 47.6 Å². The number of likely N-dealkylation sites (tertiary alicyclic amines) is 1. The van der Waals surface area contributed by atoms with Crippen LogP contribution in [0.5, 0.6) is 0 Å². The van der Waals surface area contributed by atoms with Crippen LogP contribution in [0.15, 0.2) is 17.8 Å². The Kier molecular flexibility index (Phi) is 5.49. The molecule has 0 aliphatic carbocycles. The molecular weight excluding hydrogens is 324 g/mol. The maximum absolute atomic E-state index is 12.8. The summed E-state index contributed by atoms with van der Waals surface area (Å²) in [5.74, 6) is 0.417. The van der Waals surface area contributed by atoms with Gasteiger partial charge in [0.1, 0.15) is 11.2 Å². The smallest absolute Gasteiger partial charge is 0.266 e. The highest BCUT2D eigenvalue weighted by atomic mass is 35.5. The van der Waals surface area contributed by atoms with Crippen molar-refractivity contribution in [1.29, 1.82) is 0 Å². The maximum atomic E-state index is 12.8. The molecule has 2 aromatic heterocycles. The molecule has 22 heavy (non-hydrogen) atoms. The number of carbonyl (C=O) groups is 1. The summed E-state index contributed by atoms with van der Waals surface area (Å²) in [6.45, 7) is 3.52. The number of halogens is 1. The molecule has 1 aliphatic rings. The predicted molar refractivity (Wildman–Crippen MR) is 86.6 cm³/mol. The highest BCUT2D eigenvalue weighted by molar-refractivity contribution is 7.12. The number of hydrogen-bond acceptors (Lipinski definition) is 6. The Hall–Kier alpha value is -1.51. The molecule has 0 saturated carbocycles. The molecule has 3 rings (SSSR count). The van der Waals surface area contributed by atoms with Crippen LogP contribution in [0.2, 0.25) is 0 Å². The first kappa shape index (κ1) is 16.9. The average Bonchev–Trinajstić information content (AvgIpc) is 3.17. The van der Waals surface area contributed by atoms with E-state index in [9.17, 15) is 4.79 Å². The quantitative estimate of drug-likeness (QED) is 0.909. The number of nitrogens with two attached hydrogens (primary N) is 1. The Morgan fingerprint density at radius 1 is 1.55 bits per heavy atom. The molecule has 7 nitrogen and oxygen atoms in total. The number of piperidine rings is 1. The van der Waals surface area contributed by atoms with Gasteiger partial charge in [0.2, 0.25) is 0 Å². The van der Waals surface area contributed by atoms with Crippen molar-refractivity contribution in [3.8, 4) is 5.69 Å². The van der Waals surface area contributed by atoms with E-state index in [1.165, 1.54) is 22.3 Å². The summed E-state index contributed by atoms with van der Waals surface area (Å²) in [4.78, 5) is 15.3. The van der Waals surface area contributed by atoms with Gasteiger partial charge in [0.15, 0.2) is 0 Å². The van der Waals surface area contributed by atoms with Crippen LogP contribution in [0.25, 0.3) is 5.69 Å². The van der Waals surface area contributed by atoms with Crippen LogP contribution in [-0.2, 0) is 0 Å². The first-order valence-electron chi connectivity index (χ1n) is 7.02. The zero-order chi connectivity index (χ0) is 14.8. The van der Waals surface area contributed by atoms with E-state index in [1.807, 2.05) is 23.3 Å². The van der Waals surface area contributed by atoms with Gasteiger partial charge >= 0.3 is 0 Å². The molecule has 2 unspecified atom stereocenters. The molecule has 1 amide bonds. The van der Waals surface area contributed by atoms with Crippen LogP contribution in [0.1, 0.15) is 29.4 Å². The van der Waals surface area contributed by atoms with Gasteiger partial charge in [-0.15, -0.1) is 28.8 Å². The minimum Gasteiger partial charge on any atom is -0.338 e. The van der Waals surface area contributed by atoms with Gasteiger partial charge in [-0.3, -0.25) is 4.79 Å². The molecule has 0 aromatic carbocycles. The number of tetrazole rings is 1. The van der Waals surface area contributed by atoms with E-state index in [-0.39, 0.29) is 24.4 Å². The Bertz CT molecular complexity index is 614. The molecular formula is C13H19ClN6OS. The number of rotatable bonds is 3. The molecule has 2 atom stereocenters. The normalized spacial score (nSPS) is 19.5. The lowest BCUT2D eigenvalue weighted by atomic mass is 9.92. The first-order chi connectivity index (χ1) is 10.2. The van der Waals surface area contributed by atoms with Crippen molar-refractivity contribution in [2.45, 2.75) is 25.8 Å². The minimum absolute atomic E-state index is 0. The minimum atomic E-state index is 0. The lowest BCUT2D eigenvalue weighted by Gasteiger charge is -2.34. The molecule has 1 aliphatic heterocycles. The molecule has 2 aromatic rings. The highest BCUT2D eigenvalue weighted by Gasteiger charge is 2.28. The van der Waals surface area contributed by atoms with E-state index >= 15 is 0 Å². The summed E-state index contributed by atoms with van der Waals surface area (Å²) in [6.07, 6.45) is 3.59. The van der Waals surface area contributed by atoms with E-state index < -0.39 is 0 Å². The van der Waals surface area contributed by atoms with E-state index in [0.29, 0.717) is 10.8 Å². The zero-order valence-electron chi connectivity index (χ0n) is 12.3. The summed E-state index contributed by atoms with van der Waals surface area (Å²) in [5.41, 5.74) is 6.72. The van der Waals surface area contributed by atoms with Crippen molar-refractivity contribution >= 4 is 29.7 Å². The molecule has 0 radical (unpaired) electrons. The van der Waals surface area contributed by atoms with Gasteiger partial charge in [-0.2, -0.15) is 4.68 Å². The summed E-state index contributed by atoms with van der Waals surface area (Å²) in [5, 5.41) is 13.0. The number of thiophene rings is 1. The third kappa shape index (κ3) is 3.29. The van der Waals surface area contributed by atoms with Gasteiger partial charge in [0, 0.05) is 19.1 Å². The van der Waals surface area contributed by atoms with Gasteiger partial charge in [-0.1, -0.05) is 0 Å². The van der Waals surface area contributed by atoms with Gasteiger partial charge in [-0.25, -0.2) is 0 Å². The average molecular weight is 343 g/mol. The number of hydrogen-bond donors (Lipinski definition) is 1. The Morgan fingerprint density at radius 3 is 3.05 bits per heavy atom. The fraction of sp³-hybridized carbons (Fsp3) is 0.538. The monoisotopic (exact) mass is 342 g/mol. The molecule has 9 heteroatoms. The highest BCUT2D eigenvalue weighted by Crippen LogP contribution is 2.25. The third-order valence-electron chi connectivity index (χ3n) is 3.92. The third-order valence-corrected chi connectivity index (χ3v) is 4.81. The van der Waals surface area contributed by atoms with Crippen molar-refractivity contribution in [2.75, 3.05) is 13.1 Å². The second-order valence-corrected chi connectivity index (χ2v) is 6.32. The van der Waals surface area contributed by atoms with Crippen molar-refractivity contribution < 1.29 is 4.79 Å². The summed E-state index contributed by atoms with van der Waals surface area (Å²) in [6, 6.07) is 1.98. The summed E-state index contributed by atoms with van der Waals surface area (Å²) >= 11 is 1.42. The molecule has 2 N–H and O–H groups in total. The van der Waals surface area contributed by atoms with E-state index in [4.69, 9.17) is 5.73 Å². The van der Waals surface area contributed by atoms with Crippen LogP contribution >= 0.6 is 23.7 Å². The van der Waals surface area contributed by atoms with Gasteiger partial charge in [0.05, 0.1) is 5.69 Å². The van der Waals surface area contributed by atoms with Crippen molar-refractivity contribution in [1.82, 2.24) is 25.1 Å². The molecule has 120 valence electrons. The Labute approximate surface area is 138 Å². The van der Waals surface area contributed by atoms with E-state index in [0.717, 1.165) is 31.6 Å². The van der Waals surface area contributed by atoms with Crippen LogP contribution in [0.4, 0.5) is 0 Å². The SMILES string of the molecule is CC(N)C1CCCN(C(=O)c2sccc2-n2cnnn2)C1.Cl. The number of nitrogens with zero attached hydrogens (tertiary/aromatic N) is 5. The lowest BCUT2D eigenvalue weighted by Crippen LogP contribution is -2.45. The number of aromatic nitrogens is 4. The molecule has 0 bridgehead atoms. The van der Waals surface area contributed by atoms with Crippen LogP contribution in [0, 0.1) is 5.92 Å². The Balaban J connectivity index is 0.00000176. The molecule has 1 fully saturated rings. The van der Waals surface area contributed by atoms with Gasteiger partial charge < -0.3 is 10.6 Å². The van der Waals surface area contributed by atoms with Crippen molar-refractivity contribution in [3.63, 3.8) is 0 Å². The van der Waals surface area contributed by atoms with E-state index in [2.05, 4.69) is 15.5 Å². The van der Waals surface area contributed by atoms with Crippen LogP contribution < -0.4 is 5.73 Å². The molecule has 3 heterocycles. The lowest BCUT2D eigenvalue weighted by molar-refractivity contribution is 0.0666. The predicted octanol–water partition coefficient (Wildman–Crippen LogP) is 1.34. The van der Waals surface area contributed by atoms with Crippen molar-refractivity contribution in [3.05, 3.63) is 22.7 Å². The summed E-state index contributed by atoms with van der Waals surface area (Å²) < 4.78 is 1.52. The first-order valence-corrected chi connectivity index (χ1v) is 7.90. The van der Waals surface area contributed by atoms with Gasteiger partial charge in [0.25, 0.3) is 5.91 Å². The van der Waals surface area contributed by atoms with Crippen LogP contribution in [-0.4, -0.2) is 50.1 Å². The number of amides is 1. The summed E-state index contributed by atoms with van der Waals surface area (Å²) in [7, 11) is 0. The van der Waals surface area contributed by atoms with Crippen LogP contribution in [0.3, 0.4) is 0 Å². The fourth-order valence-electron chi connectivity index (χ4n) is 2.68. The maximum Gasteiger partial charge on any atom is 0.266 e. The standard InChI is InChI=1S/C13H18N6OS.ClH/c1-9(14)10-3-2-5-18(7-10)13(20)12-11(4-6-21-12)19-8-15-16-17-19;/h4,6,8-10H,2-3,5,7,14H2,1H3;1H. The Morgan fingerprint density at radius 2 is 2.36 bits per heavy atom.